The van der Waals surface area contributed by atoms with Gasteiger partial charge in [-0.25, -0.2) is 0 Å². The number of rotatable bonds is 8. The number of hydrogen-bond acceptors (Lipinski definition) is 6. The maximum Gasteiger partial charge on any atom is 0.255 e. The first-order valence-electron chi connectivity index (χ1n) is 10.8. The van der Waals surface area contributed by atoms with Gasteiger partial charge in [-0.2, -0.15) is 0 Å². The topological polar surface area (TPSA) is 86.1 Å². The first-order chi connectivity index (χ1) is 14.4. The van der Waals surface area contributed by atoms with E-state index in [1.165, 1.54) is 0 Å². The van der Waals surface area contributed by atoms with E-state index in [4.69, 9.17) is 31.5 Å². The van der Waals surface area contributed by atoms with Crippen LogP contribution in [0.1, 0.15) is 49.0 Å². The van der Waals surface area contributed by atoms with Gasteiger partial charge in [0.1, 0.15) is 5.75 Å². The zero-order valence-corrected chi connectivity index (χ0v) is 19.0. The molecule has 3 rings (SSSR count). The van der Waals surface area contributed by atoms with E-state index in [9.17, 15) is 4.79 Å². The van der Waals surface area contributed by atoms with Crippen molar-refractivity contribution in [3.63, 3.8) is 0 Å². The summed E-state index contributed by atoms with van der Waals surface area (Å²) < 4.78 is 17.1. The Morgan fingerprint density at radius 1 is 1.47 bits per heavy atom. The van der Waals surface area contributed by atoms with Gasteiger partial charge in [-0.3, -0.25) is 4.79 Å². The molecule has 0 saturated carbocycles. The van der Waals surface area contributed by atoms with Crippen LogP contribution >= 0.6 is 11.6 Å². The van der Waals surface area contributed by atoms with Gasteiger partial charge in [0.05, 0.1) is 41.1 Å². The molecule has 0 radical (unpaired) electrons. The molecule has 7 nitrogen and oxygen atoms in total. The van der Waals surface area contributed by atoms with Crippen LogP contribution in [0, 0.1) is 0 Å². The van der Waals surface area contributed by atoms with Crippen LogP contribution in [0.15, 0.2) is 6.07 Å². The number of fused-ring (bicyclic) bond motifs is 1. The van der Waals surface area contributed by atoms with Crippen molar-refractivity contribution in [1.29, 1.82) is 0 Å². The normalized spacial score (nSPS) is 21.9. The summed E-state index contributed by atoms with van der Waals surface area (Å²) in [4.78, 5) is 15.5. The second-order valence-electron chi connectivity index (χ2n) is 8.30. The number of carbonyl (C=O) groups excluding carboxylic acids is 1. The number of hydrogen-bond donors (Lipinski definition) is 2. The molecule has 3 N–H and O–H groups in total. The average molecular weight is 440 g/mol. The Bertz CT molecular complexity index is 744. The second kappa shape index (κ2) is 10.7. The van der Waals surface area contributed by atoms with E-state index in [2.05, 4.69) is 10.2 Å². The third-order valence-corrected chi connectivity index (χ3v) is 6.08. The Balaban J connectivity index is 1.61. The zero-order valence-electron chi connectivity index (χ0n) is 18.2. The lowest BCUT2D eigenvalue weighted by atomic mass is 9.98. The standard InChI is InChI=1S/C22H34ClN3O4/c1-14(2)29-11-5-8-26-9-7-18(19(13-26)28-3)25-22(27)16-12-17(23)20(24)15-6-4-10-30-21(15)16/h12,14,18-19H,4-11,13,24H2,1-3H3,(H,25,27)/t18-,19+/m0/s1. The van der Waals surface area contributed by atoms with Gasteiger partial charge in [0.15, 0.2) is 0 Å². The minimum Gasteiger partial charge on any atom is -0.492 e. The van der Waals surface area contributed by atoms with Crippen molar-refractivity contribution in [1.82, 2.24) is 10.2 Å². The van der Waals surface area contributed by atoms with E-state index < -0.39 is 0 Å². The molecule has 2 heterocycles. The van der Waals surface area contributed by atoms with Gasteiger partial charge < -0.3 is 30.2 Å². The zero-order chi connectivity index (χ0) is 21.7. The van der Waals surface area contributed by atoms with E-state index in [-0.39, 0.29) is 24.2 Å². The third-order valence-electron chi connectivity index (χ3n) is 5.77. The van der Waals surface area contributed by atoms with Gasteiger partial charge >= 0.3 is 0 Å². The number of likely N-dealkylation sites (tertiary alicyclic amines) is 1. The molecule has 2 aliphatic heterocycles. The molecule has 1 fully saturated rings. The first kappa shape index (κ1) is 23.1. The number of carbonyl (C=O) groups is 1. The summed E-state index contributed by atoms with van der Waals surface area (Å²) in [6, 6.07) is 1.54. The predicted octanol–water partition coefficient (Wildman–Crippen LogP) is 2.88. The SMILES string of the molecule is CO[C@@H]1CN(CCCOC(C)C)CC[C@@H]1NC(=O)c1cc(Cl)c(N)c2c1OCCC2. The van der Waals surface area contributed by atoms with Crippen molar-refractivity contribution in [3.8, 4) is 5.75 Å². The van der Waals surface area contributed by atoms with Crippen LogP contribution in [-0.4, -0.2) is 69.0 Å². The Morgan fingerprint density at radius 2 is 2.27 bits per heavy atom. The largest absolute Gasteiger partial charge is 0.492 e. The van der Waals surface area contributed by atoms with Crippen LogP contribution in [0.4, 0.5) is 5.69 Å². The molecule has 168 valence electrons. The number of piperidine rings is 1. The molecule has 8 heteroatoms. The fraction of sp³-hybridized carbons (Fsp3) is 0.682. The average Bonchev–Trinajstić information content (AvgIpc) is 2.74. The number of nitrogens with two attached hydrogens (primary N) is 1. The van der Waals surface area contributed by atoms with Gasteiger partial charge in [0.25, 0.3) is 5.91 Å². The molecule has 0 bridgehead atoms. The number of amides is 1. The molecule has 2 aliphatic rings. The summed E-state index contributed by atoms with van der Waals surface area (Å²) in [5.41, 5.74) is 7.90. The molecule has 1 amide bonds. The van der Waals surface area contributed by atoms with Crippen LogP contribution in [0.3, 0.4) is 0 Å². The monoisotopic (exact) mass is 439 g/mol. The summed E-state index contributed by atoms with van der Waals surface area (Å²) >= 11 is 6.29. The van der Waals surface area contributed by atoms with E-state index in [1.807, 2.05) is 13.8 Å². The minimum absolute atomic E-state index is 0.0683. The lowest BCUT2D eigenvalue weighted by Gasteiger charge is -2.38. The third kappa shape index (κ3) is 5.58. The highest BCUT2D eigenvalue weighted by atomic mass is 35.5. The molecule has 0 aromatic heterocycles. The van der Waals surface area contributed by atoms with Crippen molar-refractivity contribution in [3.05, 3.63) is 22.2 Å². The number of nitrogen functional groups attached to an aromatic ring is 1. The van der Waals surface area contributed by atoms with Crippen molar-refractivity contribution in [2.24, 2.45) is 0 Å². The molecule has 30 heavy (non-hydrogen) atoms. The minimum atomic E-state index is -0.194. The number of methoxy groups -OCH3 is 1. The molecule has 0 unspecified atom stereocenters. The molecule has 0 spiro atoms. The van der Waals surface area contributed by atoms with Crippen molar-refractivity contribution in [2.75, 3.05) is 45.7 Å². The maximum atomic E-state index is 13.1. The Kier molecular flexibility index (Phi) is 8.22. The Morgan fingerprint density at radius 3 is 3.00 bits per heavy atom. The highest BCUT2D eigenvalue weighted by molar-refractivity contribution is 6.33. The van der Waals surface area contributed by atoms with E-state index in [1.54, 1.807) is 13.2 Å². The number of anilines is 1. The molecular weight excluding hydrogens is 406 g/mol. The molecular formula is C22H34ClN3O4. The number of nitrogens with one attached hydrogen (secondary N) is 1. The molecule has 1 saturated heterocycles. The summed E-state index contributed by atoms with van der Waals surface area (Å²) in [6.07, 6.45) is 3.62. The van der Waals surface area contributed by atoms with Crippen LogP contribution in [0.25, 0.3) is 0 Å². The first-order valence-corrected chi connectivity index (χ1v) is 11.2. The van der Waals surface area contributed by atoms with E-state index in [0.29, 0.717) is 28.6 Å². The van der Waals surface area contributed by atoms with Crippen LogP contribution in [0.5, 0.6) is 5.75 Å². The van der Waals surface area contributed by atoms with Gasteiger partial charge in [-0.05, 0) is 45.6 Å². The van der Waals surface area contributed by atoms with Crippen LogP contribution in [0.2, 0.25) is 5.02 Å². The summed E-state index contributed by atoms with van der Waals surface area (Å²) in [5.74, 6) is 0.373. The summed E-state index contributed by atoms with van der Waals surface area (Å²) in [6.45, 7) is 8.08. The fourth-order valence-corrected chi connectivity index (χ4v) is 4.37. The fourth-order valence-electron chi connectivity index (χ4n) is 4.14. The molecule has 1 aromatic rings. The van der Waals surface area contributed by atoms with Crippen molar-refractivity contribution in [2.45, 2.75) is 57.8 Å². The van der Waals surface area contributed by atoms with Crippen molar-refractivity contribution < 1.29 is 19.0 Å². The summed E-state index contributed by atoms with van der Waals surface area (Å²) in [7, 11) is 1.69. The number of halogens is 1. The van der Waals surface area contributed by atoms with Crippen LogP contribution in [-0.2, 0) is 15.9 Å². The van der Waals surface area contributed by atoms with Gasteiger partial charge in [-0.15, -0.1) is 0 Å². The Labute approximate surface area is 184 Å². The lowest BCUT2D eigenvalue weighted by molar-refractivity contribution is 0.00173. The predicted molar refractivity (Wildman–Crippen MR) is 118 cm³/mol. The highest BCUT2D eigenvalue weighted by Gasteiger charge is 2.32. The van der Waals surface area contributed by atoms with E-state index in [0.717, 1.165) is 57.5 Å². The highest BCUT2D eigenvalue weighted by Crippen LogP contribution is 2.38. The van der Waals surface area contributed by atoms with Gasteiger partial charge in [0, 0.05) is 38.9 Å². The smallest absolute Gasteiger partial charge is 0.255 e. The maximum absolute atomic E-state index is 13.1. The summed E-state index contributed by atoms with van der Waals surface area (Å²) in [5, 5.41) is 3.54. The molecule has 2 atom stereocenters. The quantitative estimate of drug-likeness (QED) is 0.478. The lowest BCUT2D eigenvalue weighted by Crippen LogP contribution is -2.55. The molecule has 0 aliphatic carbocycles. The van der Waals surface area contributed by atoms with Crippen molar-refractivity contribution >= 4 is 23.2 Å². The van der Waals surface area contributed by atoms with E-state index >= 15 is 0 Å². The van der Waals surface area contributed by atoms with Gasteiger partial charge in [-0.1, -0.05) is 11.6 Å². The van der Waals surface area contributed by atoms with Gasteiger partial charge in [0.2, 0.25) is 0 Å². The number of nitrogens with zero attached hydrogens (tertiary/aromatic N) is 1. The molecule has 1 aromatic carbocycles. The second-order valence-corrected chi connectivity index (χ2v) is 8.70. The number of benzene rings is 1. The Hall–Kier alpha value is -1.54. The van der Waals surface area contributed by atoms with Crippen LogP contribution < -0.4 is 15.8 Å². The number of ether oxygens (including phenoxy) is 3.